The minimum Gasteiger partial charge on any atom is -0.481 e. The SMILES string of the molecule is CC(=O)NCCN(CCCO)CC(C)C(=O)O. The third-order valence-electron chi connectivity index (χ3n) is 2.39. The topological polar surface area (TPSA) is 89.9 Å². The number of hydrogen-bond donors (Lipinski definition) is 3. The molecule has 0 saturated carbocycles. The summed E-state index contributed by atoms with van der Waals surface area (Å²) in [5.41, 5.74) is 0. The summed E-state index contributed by atoms with van der Waals surface area (Å²) < 4.78 is 0. The van der Waals surface area contributed by atoms with E-state index in [1.165, 1.54) is 6.92 Å². The average Bonchev–Trinajstić information content (AvgIpc) is 2.24. The molecule has 1 unspecified atom stereocenters. The minimum atomic E-state index is -0.835. The van der Waals surface area contributed by atoms with E-state index in [2.05, 4.69) is 5.32 Å². The predicted octanol–water partition coefficient (Wildman–Crippen LogP) is -0.472. The van der Waals surface area contributed by atoms with Crippen molar-refractivity contribution in [2.45, 2.75) is 20.3 Å². The Morgan fingerprint density at radius 3 is 2.47 bits per heavy atom. The molecule has 0 heterocycles. The quantitative estimate of drug-likeness (QED) is 0.511. The summed E-state index contributed by atoms with van der Waals surface area (Å²) in [5.74, 6) is -1.39. The van der Waals surface area contributed by atoms with Crippen molar-refractivity contribution in [2.24, 2.45) is 5.92 Å². The van der Waals surface area contributed by atoms with E-state index in [9.17, 15) is 9.59 Å². The predicted molar refractivity (Wildman–Crippen MR) is 63.6 cm³/mol. The Morgan fingerprint density at radius 1 is 1.35 bits per heavy atom. The maximum Gasteiger partial charge on any atom is 0.307 e. The number of carboxylic acid groups (broad SMARTS) is 1. The van der Waals surface area contributed by atoms with Crippen LogP contribution < -0.4 is 5.32 Å². The monoisotopic (exact) mass is 246 g/mol. The van der Waals surface area contributed by atoms with Crippen molar-refractivity contribution < 1.29 is 19.8 Å². The zero-order valence-corrected chi connectivity index (χ0v) is 10.5. The van der Waals surface area contributed by atoms with Crippen LogP contribution in [-0.4, -0.2) is 59.8 Å². The molecule has 1 atom stereocenters. The number of aliphatic hydroxyl groups is 1. The van der Waals surface area contributed by atoms with Crippen molar-refractivity contribution in [2.75, 3.05) is 32.8 Å². The third-order valence-corrected chi connectivity index (χ3v) is 2.39. The summed E-state index contributed by atoms with van der Waals surface area (Å²) in [6.45, 7) is 5.32. The number of nitrogens with one attached hydrogen (secondary N) is 1. The van der Waals surface area contributed by atoms with E-state index < -0.39 is 11.9 Å². The summed E-state index contributed by atoms with van der Waals surface area (Å²) in [6.07, 6.45) is 0.604. The smallest absolute Gasteiger partial charge is 0.307 e. The molecular formula is C11H22N2O4. The standard InChI is InChI=1S/C11H22N2O4/c1-9(11(16)17)8-13(5-3-7-14)6-4-12-10(2)15/h9,14H,3-8H2,1-2H3,(H,12,15)(H,16,17). The van der Waals surface area contributed by atoms with Gasteiger partial charge in [0.25, 0.3) is 0 Å². The Kier molecular flexibility index (Phi) is 8.35. The highest BCUT2D eigenvalue weighted by Crippen LogP contribution is 2.01. The van der Waals surface area contributed by atoms with E-state index in [-0.39, 0.29) is 12.5 Å². The molecule has 0 fully saturated rings. The van der Waals surface area contributed by atoms with Crippen LogP contribution in [0.25, 0.3) is 0 Å². The third kappa shape index (κ3) is 8.65. The van der Waals surface area contributed by atoms with Crippen molar-refractivity contribution in [1.29, 1.82) is 0 Å². The van der Waals surface area contributed by atoms with Gasteiger partial charge in [0.05, 0.1) is 5.92 Å². The van der Waals surface area contributed by atoms with Gasteiger partial charge in [0.15, 0.2) is 0 Å². The van der Waals surface area contributed by atoms with Gasteiger partial charge in [0.1, 0.15) is 0 Å². The zero-order valence-electron chi connectivity index (χ0n) is 10.5. The highest BCUT2D eigenvalue weighted by molar-refractivity contribution is 5.72. The van der Waals surface area contributed by atoms with Gasteiger partial charge in [-0.25, -0.2) is 0 Å². The van der Waals surface area contributed by atoms with Gasteiger partial charge in [-0.15, -0.1) is 0 Å². The number of amides is 1. The number of hydrogen-bond acceptors (Lipinski definition) is 4. The first-order valence-corrected chi connectivity index (χ1v) is 5.77. The Morgan fingerprint density at radius 2 is 2.00 bits per heavy atom. The van der Waals surface area contributed by atoms with Crippen molar-refractivity contribution >= 4 is 11.9 Å². The van der Waals surface area contributed by atoms with Crippen LogP contribution in [0.5, 0.6) is 0 Å². The molecule has 0 spiro atoms. The normalized spacial score (nSPS) is 12.5. The number of rotatable bonds is 9. The van der Waals surface area contributed by atoms with Crippen molar-refractivity contribution in [3.8, 4) is 0 Å². The molecule has 17 heavy (non-hydrogen) atoms. The molecule has 1 amide bonds. The lowest BCUT2D eigenvalue weighted by molar-refractivity contribution is -0.141. The molecule has 0 aliphatic carbocycles. The summed E-state index contributed by atoms with van der Waals surface area (Å²) in [7, 11) is 0. The summed E-state index contributed by atoms with van der Waals surface area (Å²) >= 11 is 0. The second-order valence-corrected chi connectivity index (χ2v) is 4.10. The van der Waals surface area contributed by atoms with Gasteiger partial charge >= 0.3 is 5.97 Å². The van der Waals surface area contributed by atoms with Gasteiger partial charge in [-0.2, -0.15) is 0 Å². The van der Waals surface area contributed by atoms with Gasteiger partial charge in [0, 0.05) is 39.7 Å². The molecule has 0 saturated heterocycles. The van der Waals surface area contributed by atoms with E-state index >= 15 is 0 Å². The number of carbonyl (C=O) groups is 2. The Bertz CT molecular complexity index is 246. The second-order valence-electron chi connectivity index (χ2n) is 4.10. The number of carbonyl (C=O) groups excluding carboxylic acids is 1. The van der Waals surface area contributed by atoms with Crippen LogP contribution in [-0.2, 0) is 9.59 Å². The molecule has 0 radical (unpaired) electrons. The van der Waals surface area contributed by atoms with E-state index in [1.54, 1.807) is 6.92 Å². The maximum absolute atomic E-state index is 10.7. The number of aliphatic carboxylic acids is 1. The number of nitrogens with zero attached hydrogens (tertiary/aromatic N) is 1. The first-order chi connectivity index (χ1) is 7.97. The van der Waals surface area contributed by atoms with Crippen LogP contribution in [0.15, 0.2) is 0 Å². The molecule has 3 N–H and O–H groups in total. The summed E-state index contributed by atoms with van der Waals surface area (Å²) in [6, 6.07) is 0. The fourth-order valence-electron chi connectivity index (χ4n) is 1.44. The molecule has 0 bridgehead atoms. The van der Waals surface area contributed by atoms with Crippen LogP contribution in [0.1, 0.15) is 20.3 Å². The van der Waals surface area contributed by atoms with Crippen molar-refractivity contribution in [1.82, 2.24) is 10.2 Å². The lowest BCUT2D eigenvalue weighted by atomic mass is 10.1. The first kappa shape index (κ1) is 15.9. The lowest BCUT2D eigenvalue weighted by Gasteiger charge is -2.23. The maximum atomic E-state index is 10.7. The lowest BCUT2D eigenvalue weighted by Crippen LogP contribution is -2.38. The molecule has 6 nitrogen and oxygen atoms in total. The van der Waals surface area contributed by atoms with Gasteiger partial charge in [-0.1, -0.05) is 6.92 Å². The molecule has 0 aromatic rings. The molecule has 6 heteroatoms. The van der Waals surface area contributed by atoms with Crippen LogP contribution in [0, 0.1) is 5.92 Å². The fourth-order valence-corrected chi connectivity index (χ4v) is 1.44. The van der Waals surface area contributed by atoms with Crippen molar-refractivity contribution in [3.05, 3.63) is 0 Å². The molecule has 0 aromatic carbocycles. The molecule has 0 aromatic heterocycles. The van der Waals surface area contributed by atoms with Crippen LogP contribution in [0.4, 0.5) is 0 Å². The van der Waals surface area contributed by atoms with Gasteiger partial charge in [-0.3, -0.25) is 9.59 Å². The summed E-state index contributed by atoms with van der Waals surface area (Å²) in [4.78, 5) is 23.4. The molecular weight excluding hydrogens is 224 g/mol. The Balaban J connectivity index is 4.03. The number of carboxylic acids is 1. The minimum absolute atomic E-state index is 0.0814. The number of aliphatic hydroxyl groups excluding tert-OH is 1. The Hall–Kier alpha value is -1.14. The van der Waals surface area contributed by atoms with Gasteiger partial charge in [0.2, 0.25) is 5.91 Å². The van der Waals surface area contributed by atoms with E-state index in [4.69, 9.17) is 10.2 Å². The Labute approximate surface area is 102 Å². The molecule has 0 aliphatic rings. The van der Waals surface area contributed by atoms with Crippen LogP contribution >= 0.6 is 0 Å². The first-order valence-electron chi connectivity index (χ1n) is 5.77. The zero-order chi connectivity index (χ0) is 13.3. The highest BCUT2D eigenvalue weighted by Gasteiger charge is 2.15. The van der Waals surface area contributed by atoms with Crippen LogP contribution in [0.3, 0.4) is 0 Å². The van der Waals surface area contributed by atoms with Crippen molar-refractivity contribution in [3.63, 3.8) is 0 Å². The molecule has 100 valence electrons. The molecule has 0 rings (SSSR count). The van der Waals surface area contributed by atoms with Gasteiger partial charge < -0.3 is 20.4 Å². The molecule has 0 aliphatic heterocycles. The van der Waals surface area contributed by atoms with E-state index in [0.717, 1.165) is 0 Å². The van der Waals surface area contributed by atoms with Crippen LogP contribution in [0.2, 0.25) is 0 Å². The second kappa shape index (κ2) is 8.95. The van der Waals surface area contributed by atoms with Gasteiger partial charge in [-0.05, 0) is 6.42 Å². The van der Waals surface area contributed by atoms with E-state index in [0.29, 0.717) is 32.6 Å². The highest BCUT2D eigenvalue weighted by atomic mass is 16.4. The average molecular weight is 246 g/mol. The fraction of sp³-hybridized carbons (Fsp3) is 0.818. The van der Waals surface area contributed by atoms with E-state index in [1.807, 2.05) is 4.90 Å². The largest absolute Gasteiger partial charge is 0.481 e. The summed E-state index contributed by atoms with van der Waals surface area (Å²) in [5, 5.41) is 20.2.